The summed E-state index contributed by atoms with van der Waals surface area (Å²) in [5, 5.41) is 0. The lowest BCUT2D eigenvalue weighted by atomic mass is 9.99. The molecule has 0 atom stereocenters. The molecule has 0 aliphatic carbocycles. The molecule has 0 saturated carbocycles. The molecule has 0 fully saturated rings. The highest BCUT2D eigenvalue weighted by molar-refractivity contribution is 7.90. The second-order valence-electron chi connectivity index (χ2n) is 5.17. The highest BCUT2D eigenvalue weighted by Crippen LogP contribution is 2.24. The van der Waals surface area contributed by atoms with Crippen molar-refractivity contribution in [2.45, 2.75) is 38.0 Å². The summed E-state index contributed by atoms with van der Waals surface area (Å²) in [5.41, 5.74) is 12.1. The monoisotopic (exact) mass is 337 g/mol. The lowest BCUT2D eigenvalue weighted by Gasteiger charge is -2.12. The quantitative estimate of drug-likeness (QED) is 0.464. The number of sulfone groups is 1. The number of guanidine groups is 1. The molecule has 0 radical (unpaired) electrons. The van der Waals surface area contributed by atoms with Gasteiger partial charge in [0.25, 0.3) is 5.91 Å². The molecule has 0 saturated heterocycles. The Hall–Kier alpha value is -2.15. The van der Waals surface area contributed by atoms with E-state index in [-0.39, 0.29) is 16.4 Å². The number of nitrogens with zero attached hydrogens (tertiary/aromatic N) is 1. The Kier molecular flexibility index (Phi) is 6.50. The number of rotatable bonds is 6. The first kappa shape index (κ1) is 18.9. The molecule has 0 bridgehead atoms. The Morgan fingerprint density at radius 3 is 2.30 bits per heavy atom. The molecule has 1 aromatic carbocycles. The molecular formula is C16H23N3O3S. The van der Waals surface area contributed by atoms with Crippen molar-refractivity contribution < 1.29 is 13.2 Å². The molecule has 1 rings (SSSR count). The fourth-order valence-electron chi connectivity index (χ4n) is 2.23. The number of hydrogen-bond acceptors (Lipinski definition) is 3. The average Bonchev–Trinajstić information content (AvgIpc) is 2.44. The Bertz CT molecular complexity index is 746. The highest BCUT2D eigenvalue weighted by atomic mass is 32.2. The van der Waals surface area contributed by atoms with Crippen LogP contribution in [0.5, 0.6) is 0 Å². The number of benzene rings is 1. The van der Waals surface area contributed by atoms with Crippen molar-refractivity contribution in [3.05, 3.63) is 41.0 Å². The summed E-state index contributed by atoms with van der Waals surface area (Å²) in [6, 6.07) is 3.11. The minimum atomic E-state index is -3.48. The molecule has 1 aromatic rings. The zero-order valence-corrected chi connectivity index (χ0v) is 14.5. The van der Waals surface area contributed by atoms with Crippen LogP contribution in [0.4, 0.5) is 0 Å². The van der Waals surface area contributed by atoms with Crippen LogP contribution in [-0.2, 0) is 22.7 Å². The second-order valence-corrected chi connectivity index (χ2v) is 7.15. The topological polar surface area (TPSA) is 116 Å². The van der Waals surface area contributed by atoms with Gasteiger partial charge in [0.1, 0.15) is 0 Å². The van der Waals surface area contributed by atoms with Crippen LogP contribution in [0.2, 0.25) is 0 Å². The van der Waals surface area contributed by atoms with Gasteiger partial charge in [-0.05, 0) is 36.5 Å². The van der Waals surface area contributed by atoms with Gasteiger partial charge in [-0.25, -0.2) is 8.42 Å². The van der Waals surface area contributed by atoms with E-state index in [4.69, 9.17) is 11.5 Å². The van der Waals surface area contributed by atoms with Gasteiger partial charge in [0.15, 0.2) is 15.8 Å². The summed E-state index contributed by atoms with van der Waals surface area (Å²) in [7, 11) is -3.48. The number of allylic oxidation sites excluding steroid dienone is 2. The van der Waals surface area contributed by atoms with E-state index >= 15 is 0 Å². The van der Waals surface area contributed by atoms with E-state index in [1.54, 1.807) is 6.07 Å². The van der Waals surface area contributed by atoms with E-state index in [1.165, 1.54) is 6.07 Å². The van der Waals surface area contributed by atoms with Gasteiger partial charge in [0.2, 0.25) is 0 Å². The first-order chi connectivity index (χ1) is 10.7. The minimum Gasteiger partial charge on any atom is -0.370 e. The van der Waals surface area contributed by atoms with Gasteiger partial charge < -0.3 is 11.5 Å². The first-order valence-corrected chi connectivity index (χ1v) is 9.24. The van der Waals surface area contributed by atoms with Crippen molar-refractivity contribution in [3.63, 3.8) is 0 Å². The van der Waals surface area contributed by atoms with Crippen LogP contribution in [-0.4, -0.2) is 26.5 Å². The van der Waals surface area contributed by atoms with Gasteiger partial charge in [-0.2, -0.15) is 4.99 Å². The normalized spacial score (nSPS) is 11.6. The first-order valence-electron chi connectivity index (χ1n) is 7.35. The molecule has 4 N–H and O–H groups in total. The third kappa shape index (κ3) is 5.21. The van der Waals surface area contributed by atoms with Crippen LogP contribution in [0.1, 0.15) is 41.8 Å². The third-order valence-corrected chi connectivity index (χ3v) is 4.45. The number of carbonyl (C=O) groups excluding carboxylic acids is 1. The molecule has 23 heavy (non-hydrogen) atoms. The lowest BCUT2D eigenvalue weighted by Crippen LogP contribution is -2.24. The minimum absolute atomic E-state index is 0.129. The van der Waals surface area contributed by atoms with Crippen LogP contribution >= 0.6 is 0 Å². The zero-order valence-electron chi connectivity index (χ0n) is 13.7. The number of carbonyl (C=O) groups is 1. The maximum absolute atomic E-state index is 12.1. The van der Waals surface area contributed by atoms with E-state index in [0.717, 1.165) is 12.7 Å². The van der Waals surface area contributed by atoms with E-state index in [2.05, 4.69) is 4.99 Å². The molecule has 6 nitrogen and oxygen atoms in total. The second kappa shape index (κ2) is 7.92. The molecule has 0 aliphatic rings. The standard InChI is InChI=1S/C16H23N3O3S/c1-4-6-7-8-12-9-11(5-2)13(15(20)19-16(17)18)10-14(12)23(3,21)22/h6-7,9-10H,4-5,8H2,1-3H3,(H4,17,18,19,20). The van der Waals surface area contributed by atoms with Crippen molar-refractivity contribution in [1.82, 2.24) is 0 Å². The van der Waals surface area contributed by atoms with Crippen LogP contribution in [0.3, 0.4) is 0 Å². The summed E-state index contributed by atoms with van der Waals surface area (Å²) >= 11 is 0. The van der Waals surface area contributed by atoms with Gasteiger partial charge in [-0.3, -0.25) is 4.79 Å². The van der Waals surface area contributed by atoms with Crippen molar-refractivity contribution in [2.24, 2.45) is 16.5 Å². The molecule has 0 aromatic heterocycles. The molecule has 0 heterocycles. The number of hydrogen-bond donors (Lipinski definition) is 2. The van der Waals surface area contributed by atoms with Crippen LogP contribution in [0.15, 0.2) is 34.2 Å². The molecule has 0 aliphatic heterocycles. The molecule has 7 heteroatoms. The van der Waals surface area contributed by atoms with Gasteiger partial charge in [0.05, 0.1) is 4.90 Å². The van der Waals surface area contributed by atoms with Gasteiger partial charge in [0, 0.05) is 11.8 Å². The predicted octanol–water partition coefficient (Wildman–Crippen LogP) is 1.57. The third-order valence-electron chi connectivity index (χ3n) is 3.27. The predicted molar refractivity (Wildman–Crippen MR) is 92.2 cm³/mol. The van der Waals surface area contributed by atoms with Crippen molar-refractivity contribution in [3.8, 4) is 0 Å². The van der Waals surface area contributed by atoms with Crippen LogP contribution in [0.25, 0.3) is 0 Å². The molecule has 0 unspecified atom stereocenters. The SMILES string of the molecule is CCC=CCc1cc(CC)c(C(=O)N=C(N)N)cc1S(C)(=O)=O. The summed E-state index contributed by atoms with van der Waals surface area (Å²) in [5.74, 6) is -0.990. The number of aliphatic imine (C=N–C) groups is 1. The number of aryl methyl sites for hydroxylation is 1. The number of amides is 1. The van der Waals surface area contributed by atoms with E-state index in [1.807, 2.05) is 26.0 Å². The maximum Gasteiger partial charge on any atom is 0.280 e. The molecule has 1 amide bonds. The fraction of sp³-hybridized carbons (Fsp3) is 0.375. The van der Waals surface area contributed by atoms with E-state index in [0.29, 0.717) is 24.0 Å². The van der Waals surface area contributed by atoms with Crippen LogP contribution < -0.4 is 11.5 Å². The maximum atomic E-state index is 12.1. The average molecular weight is 337 g/mol. The largest absolute Gasteiger partial charge is 0.370 e. The molecule has 0 spiro atoms. The summed E-state index contributed by atoms with van der Waals surface area (Å²) in [4.78, 5) is 15.8. The van der Waals surface area contributed by atoms with Gasteiger partial charge >= 0.3 is 0 Å². The van der Waals surface area contributed by atoms with Gasteiger partial charge in [-0.1, -0.05) is 32.1 Å². The van der Waals surface area contributed by atoms with Gasteiger partial charge in [-0.15, -0.1) is 0 Å². The Morgan fingerprint density at radius 1 is 1.17 bits per heavy atom. The molecule has 126 valence electrons. The van der Waals surface area contributed by atoms with Crippen molar-refractivity contribution >= 4 is 21.7 Å². The zero-order chi connectivity index (χ0) is 17.6. The molecular weight excluding hydrogens is 314 g/mol. The van der Waals surface area contributed by atoms with E-state index in [9.17, 15) is 13.2 Å². The van der Waals surface area contributed by atoms with E-state index < -0.39 is 15.7 Å². The lowest BCUT2D eigenvalue weighted by molar-refractivity contribution is 0.100. The van der Waals surface area contributed by atoms with Crippen LogP contribution in [0, 0.1) is 0 Å². The Morgan fingerprint density at radius 2 is 1.83 bits per heavy atom. The number of nitrogens with two attached hydrogens (primary N) is 2. The highest BCUT2D eigenvalue weighted by Gasteiger charge is 2.19. The Balaban J connectivity index is 3.54. The fourth-order valence-corrected chi connectivity index (χ4v) is 3.18. The van der Waals surface area contributed by atoms with Crippen molar-refractivity contribution in [2.75, 3.05) is 6.26 Å². The van der Waals surface area contributed by atoms with Crippen molar-refractivity contribution in [1.29, 1.82) is 0 Å². The Labute approximate surface area is 137 Å². The summed E-state index contributed by atoms with van der Waals surface area (Å²) in [6.45, 7) is 3.88. The summed E-state index contributed by atoms with van der Waals surface area (Å²) in [6.07, 6.45) is 6.93. The summed E-state index contributed by atoms with van der Waals surface area (Å²) < 4.78 is 24.1. The smallest absolute Gasteiger partial charge is 0.280 e.